The lowest BCUT2D eigenvalue weighted by atomic mass is 10.1. The molecule has 186 valence electrons. The van der Waals surface area contributed by atoms with Crippen LogP contribution in [0.3, 0.4) is 0 Å². The van der Waals surface area contributed by atoms with E-state index in [0.717, 1.165) is 27.6 Å². The SMILES string of the molecule is Cc1ccccc1C(=O)N(CC(=O)N(CCc1c[nH]c2ccccc12)Cc1ccc(F)cc1)C(C)C. The van der Waals surface area contributed by atoms with Gasteiger partial charge in [0, 0.05) is 41.8 Å². The first-order valence-electron chi connectivity index (χ1n) is 12.3. The highest BCUT2D eigenvalue weighted by molar-refractivity contribution is 5.98. The monoisotopic (exact) mass is 485 g/mol. The van der Waals surface area contributed by atoms with Crippen LogP contribution in [0.1, 0.15) is 40.9 Å². The van der Waals surface area contributed by atoms with Crippen molar-refractivity contribution in [2.24, 2.45) is 0 Å². The van der Waals surface area contributed by atoms with Gasteiger partial charge < -0.3 is 14.8 Å². The Labute approximate surface area is 211 Å². The number of H-pyrrole nitrogens is 1. The molecule has 4 aromatic rings. The molecule has 1 aromatic heterocycles. The van der Waals surface area contributed by atoms with Gasteiger partial charge in [0.1, 0.15) is 12.4 Å². The number of hydrogen-bond donors (Lipinski definition) is 1. The lowest BCUT2D eigenvalue weighted by Gasteiger charge is -2.30. The predicted octanol–water partition coefficient (Wildman–Crippen LogP) is 5.74. The van der Waals surface area contributed by atoms with Gasteiger partial charge in [-0.1, -0.05) is 48.5 Å². The molecule has 2 amide bonds. The van der Waals surface area contributed by atoms with Crippen LogP contribution in [0.2, 0.25) is 0 Å². The van der Waals surface area contributed by atoms with Crippen LogP contribution in [0.5, 0.6) is 0 Å². The number of fused-ring (bicyclic) bond motifs is 1. The number of aromatic amines is 1. The van der Waals surface area contributed by atoms with Gasteiger partial charge in [-0.05, 0) is 68.1 Å². The Balaban J connectivity index is 1.55. The Hall–Kier alpha value is -3.93. The molecule has 0 radical (unpaired) electrons. The summed E-state index contributed by atoms with van der Waals surface area (Å²) in [6.07, 6.45) is 2.64. The van der Waals surface area contributed by atoms with Crippen molar-refractivity contribution in [1.29, 1.82) is 0 Å². The number of para-hydroxylation sites is 1. The van der Waals surface area contributed by atoms with Crippen molar-refractivity contribution < 1.29 is 14.0 Å². The predicted molar refractivity (Wildman–Crippen MR) is 141 cm³/mol. The molecule has 0 unspecified atom stereocenters. The van der Waals surface area contributed by atoms with Crippen molar-refractivity contribution in [2.45, 2.75) is 39.8 Å². The average Bonchev–Trinajstić information content (AvgIpc) is 3.29. The van der Waals surface area contributed by atoms with E-state index in [2.05, 4.69) is 11.1 Å². The van der Waals surface area contributed by atoms with Gasteiger partial charge >= 0.3 is 0 Å². The molecule has 5 nitrogen and oxygen atoms in total. The van der Waals surface area contributed by atoms with E-state index in [1.54, 1.807) is 28.0 Å². The quantitative estimate of drug-likeness (QED) is 0.329. The maximum atomic E-state index is 13.6. The number of amides is 2. The summed E-state index contributed by atoms with van der Waals surface area (Å²) in [5, 5.41) is 1.13. The first-order chi connectivity index (χ1) is 17.3. The zero-order valence-corrected chi connectivity index (χ0v) is 21.0. The Bertz CT molecular complexity index is 1340. The summed E-state index contributed by atoms with van der Waals surface area (Å²) in [6.45, 7) is 6.52. The van der Waals surface area contributed by atoms with Crippen LogP contribution in [-0.4, -0.2) is 45.7 Å². The standard InChI is InChI=1S/C30H32FN3O2/c1-21(2)34(30(36)26-9-5-4-8-22(26)3)20-29(35)33(19-23-12-14-25(31)15-13-23)17-16-24-18-32-28-11-7-6-10-27(24)28/h4-15,18,21,32H,16-17,19-20H2,1-3H3. The largest absolute Gasteiger partial charge is 0.361 e. The van der Waals surface area contributed by atoms with E-state index in [-0.39, 0.29) is 30.2 Å². The number of aromatic nitrogens is 1. The summed E-state index contributed by atoms with van der Waals surface area (Å²) < 4.78 is 13.5. The van der Waals surface area contributed by atoms with Crippen LogP contribution in [-0.2, 0) is 17.8 Å². The molecular formula is C30H32FN3O2. The highest BCUT2D eigenvalue weighted by Gasteiger charge is 2.25. The van der Waals surface area contributed by atoms with Crippen molar-refractivity contribution in [3.8, 4) is 0 Å². The summed E-state index contributed by atoms with van der Waals surface area (Å²) in [5.74, 6) is -0.616. The van der Waals surface area contributed by atoms with Gasteiger partial charge in [-0.3, -0.25) is 9.59 Å². The summed E-state index contributed by atoms with van der Waals surface area (Å²) in [7, 11) is 0. The third-order valence-electron chi connectivity index (χ3n) is 6.53. The smallest absolute Gasteiger partial charge is 0.254 e. The topological polar surface area (TPSA) is 56.4 Å². The molecule has 3 aromatic carbocycles. The zero-order valence-electron chi connectivity index (χ0n) is 21.0. The minimum Gasteiger partial charge on any atom is -0.361 e. The number of carbonyl (C=O) groups is 2. The number of carbonyl (C=O) groups excluding carboxylic acids is 2. The molecule has 0 spiro atoms. The van der Waals surface area contributed by atoms with Gasteiger partial charge in [-0.2, -0.15) is 0 Å². The maximum Gasteiger partial charge on any atom is 0.254 e. The van der Waals surface area contributed by atoms with E-state index < -0.39 is 0 Å². The Morgan fingerprint density at radius 3 is 2.36 bits per heavy atom. The van der Waals surface area contributed by atoms with Crippen molar-refractivity contribution in [1.82, 2.24) is 14.8 Å². The molecule has 4 rings (SSSR count). The molecule has 36 heavy (non-hydrogen) atoms. The number of nitrogens with one attached hydrogen (secondary N) is 1. The van der Waals surface area contributed by atoms with Crippen molar-refractivity contribution >= 4 is 22.7 Å². The van der Waals surface area contributed by atoms with Crippen LogP contribution in [0.4, 0.5) is 4.39 Å². The van der Waals surface area contributed by atoms with Gasteiger partial charge in [0.15, 0.2) is 0 Å². The summed E-state index contributed by atoms with van der Waals surface area (Å²) in [6, 6.07) is 21.5. The molecule has 0 aliphatic carbocycles. The van der Waals surface area contributed by atoms with E-state index >= 15 is 0 Å². The Morgan fingerprint density at radius 2 is 1.64 bits per heavy atom. The molecule has 0 aliphatic heterocycles. The van der Waals surface area contributed by atoms with Gasteiger partial charge in [-0.15, -0.1) is 0 Å². The minimum absolute atomic E-state index is 0.0279. The van der Waals surface area contributed by atoms with Gasteiger partial charge in [0.05, 0.1) is 0 Å². The number of benzene rings is 3. The van der Waals surface area contributed by atoms with E-state index in [4.69, 9.17) is 0 Å². The molecule has 0 saturated heterocycles. The average molecular weight is 486 g/mol. The minimum atomic E-state index is -0.315. The van der Waals surface area contributed by atoms with E-state index in [0.29, 0.717) is 25.1 Å². The fourth-order valence-electron chi connectivity index (χ4n) is 4.40. The Kier molecular flexibility index (Phi) is 7.84. The van der Waals surface area contributed by atoms with Gasteiger partial charge in [0.2, 0.25) is 5.91 Å². The second-order valence-electron chi connectivity index (χ2n) is 9.39. The summed E-state index contributed by atoms with van der Waals surface area (Å²) in [4.78, 5) is 33.6. The number of nitrogens with zero attached hydrogens (tertiary/aromatic N) is 2. The van der Waals surface area contributed by atoms with Crippen molar-refractivity contribution in [3.05, 3.63) is 107 Å². The van der Waals surface area contributed by atoms with Gasteiger partial charge in [0.25, 0.3) is 5.91 Å². The van der Waals surface area contributed by atoms with Crippen LogP contribution in [0.25, 0.3) is 10.9 Å². The van der Waals surface area contributed by atoms with E-state index in [1.807, 2.05) is 63.4 Å². The fourth-order valence-corrected chi connectivity index (χ4v) is 4.40. The zero-order chi connectivity index (χ0) is 25.7. The summed E-state index contributed by atoms with van der Waals surface area (Å²) >= 11 is 0. The van der Waals surface area contributed by atoms with Crippen LogP contribution in [0, 0.1) is 12.7 Å². The van der Waals surface area contributed by atoms with Crippen LogP contribution < -0.4 is 0 Å². The molecule has 0 bridgehead atoms. The van der Waals surface area contributed by atoms with E-state index in [9.17, 15) is 14.0 Å². The lowest BCUT2D eigenvalue weighted by Crippen LogP contribution is -2.46. The number of rotatable bonds is 9. The molecule has 1 N–H and O–H groups in total. The fraction of sp³-hybridized carbons (Fsp3) is 0.267. The van der Waals surface area contributed by atoms with Gasteiger partial charge in [-0.25, -0.2) is 4.39 Å². The van der Waals surface area contributed by atoms with Crippen LogP contribution in [0.15, 0.2) is 79.0 Å². The van der Waals surface area contributed by atoms with E-state index in [1.165, 1.54) is 12.1 Å². The highest BCUT2D eigenvalue weighted by Crippen LogP contribution is 2.20. The maximum absolute atomic E-state index is 13.6. The first-order valence-corrected chi connectivity index (χ1v) is 12.3. The molecule has 0 saturated carbocycles. The second kappa shape index (κ2) is 11.2. The number of hydrogen-bond acceptors (Lipinski definition) is 2. The second-order valence-corrected chi connectivity index (χ2v) is 9.39. The molecule has 1 heterocycles. The first kappa shape index (κ1) is 25.2. The lowest BCUT2D eigenvalue weighted by molar-refractivity contribution is -0.132. The molecule has 6 heteroatoms. The molecule has 0 atom stereocenters. The number of aryl methyl sites for hydroxylation is 1. The third-order valence-corrected chi connectivity index (χ3v) is 6.53. The third kappa shape index (κ3) is 5.82. The van der Waals surface area contributed by atoms with Crippen LogP contribution >= 0.6 is 0 Å². The molecule has 0 fully saturated rings. The molecular weight excluding hydrogens is 453 g/mol. The highest BCUT2D eigenvalue weighted by atomic mass is 19.1. The Morgan fingerprint density at radius 1 is 0.944 bits per heavy atom. The summed E-state index contributed by atoms with van der Waals surface area (Å²) in [5.41, 5.74) is 4.49. The molecule has 0 aliphatic rings. The number of halogens is 1. The van der Waals surface area contributed by atoms with Crippen molar-refractivity contribution in [2.75, 3.05) is 13.1 Å². The normalized spacial score (nSPS) is 11.1. The van der Waals surface area contributed by atoms with Crippen molar-refractivity contribution in [3.63, 3.8) is 0 Å².